The lowest BCUT2D eigenvalue weighted by molar-refractivity contribution is -0.114. The number of ether oxygens (including phenoxy) is 2. The van der Waals surface area contributed by atoms with Gasteiger partial charge in [-0.1, -0.05) is 41.9 Å². The van der Waals surface area contributed by atoms with Gasteiger partial charge in [-0.25, -0.2) is 4.39 Å². The van der Waals surface area contributed by atoms with Crippen LogP contribution in [0.2, 0.25) is 5.02 Å². The summed E-state index contributed by atoms with van der Waals surface area (Å²) in [5.41, 5.74) is 1.76. The Kier molecular flexibility index (Phi) is 10.8. The number of nitrogens with one attached hydrogen (secondary N) is 3. The first kappa shape index (κ1) is 31.1. The van der Waals surface area contributed by atoms with Gasteiger partial charge in [0.05, 0.1) is 30.7 Å². The second-order valence-corrected chi connectivity index (χ2v) is 10.4. The number of hydrogen-bond donors (Lipinski definition) is 3. The Morgan fingerprint density at radius 2 is 1.53 bits per heavy atom. The highest BCUT2D eigenvalue weighted by Gasteiger charge is 2.16. The van der Waals surface area contributed by atoms with Crippen molar-refractivity contribution in [2.75, 3.05) is 30.6 Å². The number of carbonyl (C=O) groups is 3. The molecule has 0 fully saturated rings. The smallest absolute Gasteiger partial charge is 0.272 e. The monoisotopic (exact) mass is 619 g/mol. The van der Waals surface area contributed by atoms with Gasteiger partial charge >= 0.3 is 0 Å². The molecule has 8 nitrogen and oxygen atoms in total. The number of amides is 3. The van der Waals surface area contributed by atoms with Crippen LogP contribution in [-0.2, 0) is 9.59 Å². The molecule has 0 bridgehead atoms. The zero-order chi connectivity index (χ0) is 30.8. The van der Waals surface area contributed by atoms with Gasteiger partial charge in [-0.3, -0.25) is 14.4 Å². The van der Waals surface area contributed by atoms with E-state index in [0.717, 1.165) is 4.90 Å². The van der Waals surface area contributed by atoms with Gasteiger partial charge in [0, 0.05) is 22.2 Å². The number of benzene rings is 4. The lowest BCUT2D eigenvalue weighted by Crippen LogP contribution is -2.30. The van der Waals surface area contributed by atoms with E-state index in [1.807, 2.05) is 0 Å². The molecule has 0 heterocycles. The number of carbonyl (C=O) groups excluding carboxylic acids is 3. The topological polar surface area (TPSA) is 106 Å². The number of rotatable bonds is 11. The lowest BCUT2D eigenvalue weighted by Gasteiger charge is -2.13. The minimum absolute atomic E-state index is 0.0235. The predicted molar refractivity (Wildman–Crippen MR) is 167 cm³/mol. The van der Waals surface area contributed by atoms with Gasteiger partial charge in [0.25, 0.3) is 11.8 Å². The lowest BCUT2D eigenvalue weighted by atomic mass is 10.1. The van der Waals surface area contributed by atoms with Crippen molar-refractivity contribution < 1.29 is 28.2 Å². The van der Waals surface area contributed by atoms with Crippen LogP contribution in [0.1, 0.15) is 15.9 Å². The maximum Gasteiger partial charge on any atom is 0.272 e. The van der Waals surface area contributed by atoms with Crippen LogP contribution in [-0.4, -0.2) is 37.7 Å². The summed E-state index contributed by atoms with van der Waals surface area (Å²) in [6.07, 6.45) is 1.46. The normalized spacial score (nSPS) is 10.9. The van der Waals surface area contributed by atoms with Crippen LogP contribution >= 0.6 is 23.4 Å². The number of thioether (sulfide) groups is 1. The highest BCUT2D eigenvalue weighted by Crippen LogP contribution is 2.36. The molecule has 3 amide bonds. The van der Waals surface area contributed by atoms with E-state index in [2.05, 4.69) is 16.0 Å². The quantitative estimate of drug-likeness (QED) is 0.128. The van der Waals surface area contributed by atoms with E-state index in [9.17, 15) is 18.8 Å². The van der Waals surface area contributed by atoms with Crippen molar-refractivity contribution >= 4 is 58.5 Å². The van der Waals surface area contributed by atoms with E-state index in [1.54, 1.807) is 66.7 Å². The molecule has 0 saturated heterocycles. The summed E-state index contributed by atoms with van der Waals surface area (Å²) >= 11 is 7.47. The highest BCUT2D eigenvalue weighted by atomic mass is 35.5. The molecule has 4 aromatic carbocycles. The zero-order valence-corrected chi connectivity index (χ0v) is 24.7. The standard InChI is InChI=1S/C32H27ClFN3O5S/c1-41-28-18-29(42-2)26(17-25(28)33)36-30(38)19-43-24-14-12-23(13-15-24)35-32(40)27(16-20-8-10-22(34)11-9-20)37-31(39)21-6-4-3-5-7-21/h3-18H,19H2,1-2H3,(H,35,40)(H,36,38)(H,37,39)/b27-16-. The Hall–Kier alpha value is -4.80. The maximum atomic E-state index is 13.4. The predicted octanol–water partition coefficient (Wildman–Crippen LogP) is 6.64. The molecule has 220 valence electrons. The summed E-state index contributed by atoms with van der Waals surface area (Å²) in [6.45, 7) is 0. The van der Waals surface area contributed by atoms with Gasteiger partial charge in [0.1, 0.15) is 23.0 Å². The van der Waals surface area contributed by atoms with Crippen LogP contribution in [0.15, 0.2) is 102 Å². The molecule has 4 aromatic rings. The molecule has 0 atom stereocenters. The summed E-state index contributed by atoms with van der Waals surface area (Å²) in [4.78, 5) is 39.3. The SMILES string of the molecule is COc1cc(OC)c(NC(=O)CSc2ccc(NC(=O)/C(=C/c3ccc(F)cc3)NC(=O)c3ccccc3)cc2)cc1Cl. The van der Waals surface area contributed by atoms with Crippen molar-refractivity contribution in [2.24, 2.45) is 0 Å². The average Bonchev–Trinajstić information content (AvgIpc) is 3.02. The van der Waals surface area contributed by atoms with E-state index < -0.39 is 17.6 Å². The third-order valence-electron chi connectivity index (χ3n) is 5.94. The molecule has 0 saturated carbocycles. The van der Waals surface area contributed by atoms with E-state index >= 15 is 0 Å². The Bertz CT molecular complexity index is 1630. The molecule has 0 aromatic heterocycles. The summed E-state index contributed by atoms with van der Waals surface area (Å²) in [5, 5.41) is 8.52. The van der Waals surface area contributed by atoms with Crippen molar-refractivity contribution in [3.05, 3.63) is 119 Å². The maximum absolute atomic E-state index is 13.4. The van der Waals surface area contributed by atoms with Crippen LogP contribution in [0.4, 0.5) is 15.8 Å². The van der Waals surface area contributed by atoms with Gasteiger partial charge in [0.2, 0.25) is 5.91 Å². The Morgan fingerprint density at radius 1 is 0.860 bits per heavy atom. The minimum atomic E-state index is -0.569. The average molecular weight is 620 g/mol. The van der Waals surface area contributed by atoms with Gasteiger partial charge in [-0.15, -0.1) is 11.8 Å². The van der Waals surface area contributed by atoms with Crippen LogP contribution < -0.4 is 25.4 Å². The van der Waals surface area contributed by atoms with Gasteiger partial charge in [0.15, 0.2) is 0 Å². The summed E-state index contributed by atoms with van der Waals surface area (Å²) in [7, 11) is 2.96. The first-order chi connectivity index (χ1) is 20.7. The molecule has 0 radical (unpaired) electrons. The largest absolute Gasteiger partial charge is 0.495 e. The Labute approximate surface area is 257 Å². The molecule has 11 heteroatoms. The van der Waals surface area contributed by atoms with E-state index in [1.165, 1.54) is 56.3 Å². The van der Waals surface area contributed by atoms with E-state index in [4.69, 9.17) is 21.1 Å². The van der Waals surface area contributed by atoms with Crippen molar-refractivity contribution in [2.45, 2.75) is 4.90 Å². The molecule has 0 aliphatic carbocycles. The van der Waals surface area contributed by atoms with E-state index in [-0.39, 0.29) is 17.4 Å². The fourth-order valence-electron chi connectivity index (χ4n) is 3.79. The fourth-order valence-corrected chi connectivity index (χ4v) is 4.73. The molecular weight excluding hydrogens is 593 g/mol. The van der Waals surface area contributed by atoms with Crippen molar-refractivity contribution in [1.29, 1.82) is 0 Å². The molecule has 3 N–H and O–H groups in total. The number of methoxy groups -OCH3 is 2. The molecule has 43 heavy (non-hydrogen) atoms. The van der Waals surface area contributed by atoms with Gasteiger partial charge in [-0.2, -0.15) is 0 Å². The molecule has 0 spiro atoms. The second-order valence-electron chi connectivity index (χ2n) is 8.93. The fraction of sp³-hybridized carbons (Fsp3) is 0.0938. The molecule has 4 rings (SSSR count). The molecule has 0 unspecified atom stereocenters. The van der Waals surface area contributed by atoms with Crippen LogP contribution in [0.5, 0.6) is 11.5 Å². The second kappa shape index (κ2) is 14.9. The summed E-state index contributed by atoms with van der Waals surface area (Å²) < 4.78 is 23.9. The van der Waals surface area contributed by atoms with Crippen LogP contribution in [0.3, 0.4) is 0 Å². The number of hydrogen-bond acceptors (Lipinski definition) is 6. The Morgan fingerprint density at radius 3 is 2.19 bits per heavy atom. The first-order valence-electron chi connectivity index (χ1n) is 12.8. The molecule has 0 aliphatic heterocycles. The third-order valence-corrected chi connectivity index (χ3v) is 7.25. The molecular formula is C32H27ClFN3O5S. The summed E-state index contributed by atoms with van der Waals surface area (Å²) in [6, 6.07) is 24.0. The number of halogens is 2. The van der Waals surface area contributed by atoms with Crippen molar-refractivity contribution in [1.82, 2.24) is 5.32 Å². The number of anilines is 2. The van der Waals surface area contributed by atoms with Gasteiger partial charge in [-0.05, 0) is 66.2 Å². The van der Waals surface area contributed by atoms with Crippen LogP contribution in [0.25, 0.3) is 6.08 Å². The van der Waals surface area contributed by atoms with Gasteiger partial charge < -0.3 is 25.4 Å². The Balaban J connectivity index is 1.40. The first-order valence-corrected chi connectivity index (χ1v) is 14.2. The summed E-state index contributed by atoms with van der Waals surface area (Å²) in [5.74, 6) is -0.788. The third kappa shape index (κ3) is 8.84. The highest BCUT2D eigenvalue weighted by molar-refractivity contribution is 8.00. The van der Waals surface area contributed by atoms with E-state index in [0.29, 0.717) is 39.0 Å². The van der Waals surface area contributed by atoms with Crippen molar-refractivity contribution in [3.63, 3.8) is 0 Å². The van der Waals surface area contributed by atoms with Crippen LogP contribution in [0, 0.1) is 5.82 Å². The van der Waals surface area contributed by atoms with Crippen molar-refractivity contribution in [3.8, 4) is 11.5 Å². The zero-order valence-electron chi connectivity index (χ0n) is 23.2. The minimum Gasteiger partial charge on any atom is -0.495 e. The molecule has 0 aliphatic rings.